The highest BCUT2D eigenvalue weighted by Crippen LogP contribution is 2.37. The summed E-state index contributed by atoms with van der Waals surface area (Å²) < 4.78 is 0. The number of nitrogens with one attached hydrogen (secondary N) is 1. The molecule has 94 valence electrons. The summed E-state index contributed by atoms with van der Waals surface area (Å²) >= 11 is 0. The van der Waals surface area contributed by atoms with Crippen molar-refractivity contribution in [2.45, 2.75) is 64.8 Å². The highest BCUT2D eigenvalue weighted by Gasteiger charge is 2.36. The summed E-state index contributed by atoms with van der Waals surface area (Å²) in [5.41, 5.74) is 5.80. The third-order valence-corrected chi connectivity index (χ3v) is 4.26. The van der Waals surface area contributed by atoms with Crippen LogP contribution in [0.1, 0.15) is 59.3 Å². The SMILES string of the molecule is CCC(N)(CC)CNC(=O)C1(C)CCCC1. The molecule has 3 heteroatoms. The summed E-state index contributed by atoms with van der Waals surface area (Å²) in [5, 5.41) is 3.04. The van der Waals surface area contributed by atoms with Gasteiger partial charge in [-0.25, -0.2) is 0 Å². The van der Waals surface area contributed by atoms with Crippen LogP contribution >= 0.6 is 0 Å². The summed E-state index contributed by atoms with van der Waals surface area (Å²) in [7, 11) is 0. The van der Waals surface area contributed by atoms with Crippen LogP contribution in [0.3, 0.4) is 0 Å². The minimum Gasteiger partial charge on any atom is -0.354 e. The number of carbonyl (C=O) groups excluding carboxylic acids is 1. The predicted molar refractivity (Wildman–Crippen MR) is 67.1 cm³/mol. The van der Waals surface area contributed by atoms with E-state index in [2.05, 4.69) is 26.1 Å². The van der Waals surface area contributed by atoms with E-state index in [-0.39, 0.29) is 16.9 Å². The van der Waals surface area contributed by atoms with Crippen molar-refractivity contribution in [3.63, 3.8) is 0 Å². The fourth-order valence-electron chi connectivity index (χ4n) is 2.35. The molecule has 0 aromatic rings. The average molecular weight is 226 g/mol. The molecule has 0 radical (unpaired) electrons. The topological polar surface area (TPSA) is 55.1 Å². The summed E-state index contributed by atoms with van der Waals surface area (Å²) in [5.74, 6) is 0.196. The molecule has 16 heavy (non-hydrogen) atoms. The molecule has 0 aromatic carbocycles. The van der Waals surface area contributed by atoms with Gasteiger partial charge in [0.05, 0.1) is 0 Å². The van der Waals surface area contributed by atoms with E-state index in [1.807, 2.05) is 0 Å². The molecule has 0 aromatic heterocycles. The monoisotopic (exact) mass is 226 g/mol. The van der Waals surface area contributed by atoms with E-state index < -0.39 is 0 Å². The Kier molecular flexibility index (Phi) is 4.36. The van der Waals surface area contributed by atoms with Crippen LogP contribution in [0.4, 0.5) is 0 Å². The fraction of sp³-hybridized carbons (Fsp3) is 0.923. The molecular weight excluding hydrogens is 200 g/mol. The van der Waals surface area contributed by atoms with Gasteiger partial charge in [0.15, 0.2) is 0 Å². The largest absolute Gasteiger partial charge is 0.354 e. The molecule has 3 N–H and O–H groups in total. The van der Waals surface area contributed by atoms with Gasteiger partial charge < -0.3 is 11.1 Å². The van der Waals surface area contributed by atoms with Gasteiger partial charge in [-0.2, -0.15) is 0 Å². The molecule has 1 saturated carbocycles. The lowest BCUT2D eigenvalue weighted by Crippen LogP contribution is -2.51. The highest BCUT2D eigenvalue weighted by atomic mass is 16.2. The highest BCUT2D eigenvalue weighted by molar-refractivity contribution is 5.82. The second-order valence-electron chi connectivity index (χ2n) is 5.52. The minimum absolute atomic E-state index is 0.137. The normalized spacial score (nSPS) is 19.8. The Hall–Kier alpha value is -0.570. The maximum absolute atomic E-state index is 12.1. The Bertz CT molecular complexity index is 240. The van der Waals surface area contributed by atoms with Gasteiger partial charge in [-0.15, -0.1) is 0 Å². The maximum Gasteiger partial charge on any atom is 0.226 e. The molecule has 1 aliphatic rings. The molecule has 3 nitrogen and oxygen atoms in total. The standard InChI is InChI=1S/C13H26N2O/c1-4-13(14,5-2)10-15-11(16)12(3)8-6-7-9-12/h4-10,14H2,1-3H3,(H,15,16). The van der Waals surface area contributed by atoms with Crippen molar-refractivity contribution < 1.29 is 4.79 Å². The molecule has 0 aliphatic heterocycles. The van der Waals surface area contributed by atoms with Crippen LogP contribution in [0.2, 0.25) is 0 Å². The number of hydrogen-bond donors (Lipinski definition) is 2. The molecule has 1 fully saturated rings. The Balaban J connectivity index is 2.46. The Labute approximate surface area is 99.2 Å². The van der Waals surface area contributed by atoms with Crippen LogP contribution < -0.4 is 11.1 Å². The zero-order valence-electron chi connectivity index (χ0n) is 10.9. The van der Waals surface area contributed by atoms with Crippen molar-refractivity contribution in [1.82, 2.24) is 5.32 Å². The maximum atomic E-state index is 12.1. The first kappa shape index (κ1) is 13.5. The van der Waals surface area contributed by atoms with Gasteiger partial charge in [-0.3, -0.25) is 4.79 Å². The van der Waals surface area contributed by atoms with Gasteiger partial charge in [0, 0.05) is 17.5 Å². The second kappa shape index (κ2) is 5.17. The van der Waals surface area contributed by atoms with Crippen molar-refractivity contribution >= 4 is 5.91 Å². The van der Waals surface area contributed by atoms with E-state index in [4.69, 9.17) is 5.73 Å². The lowest BCUT2D eigenvalue weighted by molar-refractivity contribution is -0.130. The quantitative estimate of drug-likeness (QED) is 0.755. The first-order chi connectivity index (χ1) is 7.46. The van der Waals surface area contributed by atoms with Gasteiger partial charge in [-0.1, -0.05) is 33.6 Å². The van der Waals surface area contributed by atoms with Gasteiger partial charge >= 0.3 is 0 Å². The van der Waals surface area contributed by atoms with Crippen LogP contribution in [-0.4, -0.2) is 18.0 Å². The van der Waals surface area contributed by atoms with Crippen LogP contribution in [0, 0.1) is 5.41 Å². The Morgan fingerprint density at radius 2 is 1.81 bits per heavy atom. The van der Waals surface area contributed by atoms with E-state index >= 15 is 0 Å². The van der Waals surface area contributed by atoms with Crippen LogP contribution in [-0.2, 0) is 4.79 Å². The Morgan fingerprint density at radius 1 is 1.31 bits per heavy atom. The van der Waals surface area contributed by atoms with Crippen molar-refractivity contribution in [2.75, 3.05) is 6.54 Å². The minimum atomic E-state index is -0.232. The molecule has 0 atom stereocenters. The van der Waals surface area contributed by atoms with Gasteiger partial charge in [-0.05, 0) is 25.7 Å². The average Bonchev–Trinajstić information content (AvgIpc) is 2.74. The molecule has 1 rings (SSSR count). The summed E-state index contributed by atoms with van der Waals surface area (Å²) in [6.45, 7) is 6.83. The zero-order chi connectivity index (χ0) is 12.2. The molecule has 1 aliphatic carbocycles. The first-order valence-electron chi connectivity index (χ1n) is 6.53. The summed E-state index contributed by atoms with van der Waals surface area (Å²) in [6, 6.07) is 0. The number of carbonyl (C=O) groups is 1. The predicted octanol–water partition coefficient (Wildman–Crippen LogP) is 2.20. The van der Waals surface area contributed by atoms with Gasteiger partial charge in [0.2, 0.25) is 5.91 Å². The van der Waals surface area contributed by atoms with Crippen LogP contribution in [0.5, 0.6) is 0 Å². The fourth-order valence-corrected chi connectivity index (χ4v) is 2.35. The number of rotatable bonds is 5. The molecule has 0 saturated heterocycles. The molecule has 0 bridgehead atoms. The van der Waals surface area contributed by atoms with Crippen molar-refractivity contribution in [1.29, 1.82) is 0 Å². The molecule has 0 heterocycles. The van der Waals surface area contributed by atoms with E-state index in [0.717, 1.165) is 25.7 Å². The third kappa shape index (κ3) is 2.97. The third-order valence-electron chi connectivity index (χ3n) is 4.26. The number of amides is 1. The van der Waals surface area contributed by atoms with Crippen LogP contribution in [0.15, 0.2) is 0 Å². The lowest BCUT2D eigenvalue weighted by atomic mass is 9.87. The first-order valence-corrected chi connectivity index (χ1v) is 6.53. The van der Waals surface area contributed by atoms with E-state index in [9.17, 15) is 4.79 Å². The summed E-state index contributed by atoms with van der Waals surface area (Å²) in [6.07, 6.45) is 6.21. The molecule has 1 amide bonds. The molecule has 0 spiro atoms. The smallest absolute Gasteiger partial charge is 0.226 e. The van der Waals surface area contributed by atoms with E-state index in [0.29, 0.717) is 6.54 Å². The number of hydrogen-bond acceptors (Lipinski definition) is 2. The lowest BCUT2D eigenvalue weighted by Gasteiger charge is -2.30. The Morgan fingerprint density at radius 3 is 2.25 bits per heavy atom. The molecular formula is C13H26N2O. The van der Waals surface area contributed by atoms with Crippen LogP contribution in [0.25, 0.3) is 0 Å². The summed E-state index contributed by atoms with van der Waals surface area (Å²) in [4.78, 5) is 12.1. The van der Waals surface area contributed by atoms with Crippen molar-refractivity contribution in [2.24, 2.45) is 11.1 Å². The van der Waals surface area contributed by atoms with Crippen molar-refractivity contribution in [3.8, 4) is 0 Å². The zero-order valence-corrected chi connectivity index (χ0v) is 10.9. The number of nitrogens with two attached hydrogens (primary N) is 1. The van der Waals surface area contributed by atoms with E-state index in [1.54, 1.807) is 0 Å². The second-order valence-corrected chi connectivity index (χ2v) is 5.52. The van der Waals surface area contributed by atoms with E-state index in [1.165, 1.54) is 12.8 Å². The van der Waals surface area contributed by atoms with Crippen molar-refractivity contribution in [3.05, 3.63) is 0 Å². The molecule has 0 unspecified atom stereocenters. The van der Waals surface area contributed by atoms with Gasteiger partial charge in [0.25, 0.3) is 0 Å². The van der Waals surface area contributed by atoms with Gasteiger partial charge in [0.1, 0.15) is 0 Å².